The first-order valence-electron chi connectivity index (χ1n) is 21.4. The maximum Gasteiger partial charge on any atom is 0.419 e. The summed E-state index contributed by atoms with van der Waals surface area (Å²) in [4.78, 5) is 33.6. The molecule has 1 N–H and O–H groups in total. The van der Waals surface area contributed by atoms with Gasteiger partial charge in [0.25, 0.3) is 0 Å². The number of hydrogen-bond acceptors (Lipinski definition) is 12. The van der Waals surface area contributed by atoms with Gasteiger partial charge in [-0.1, -0.05) is 62.3 Å². The molecule has 0 radical (unpaired) electrons. The first-order chi connectivity index (χ1) is 26.5. The van der Waals surface area contributed by atoms with E-state index in [1.165, 1.54) is 23.3 Å². The maximum absolute atomic E-state index is 14.5. The van der Waals surface area contributed by atoms with Crippen molar-refractivity contribution in [3.05, 3.63) is 18.7 Å². The van der Waals surface area contributed by atoms with E-state index < -0.39 is 72.0 Å². The van der Waals surface area contributed by atoms with E-state index in [-0.39, 0.29) is 42.0 Å². The van der Waals surface area contributed by atoms with Crippen molar-refractivity contribution in [2.24, 2.45) is 40.4 Å². The molecular formula is C44H77N3O10. The number of cyclic esters (lactones) is 1. The van der Waals surface area contributed by atoms with Crippen molar-refractivity contribution < 1.29 is 47.9 Å². The highest BCUT2D eigenvalue weighted by atomic mass is 16.7. The van der Waals surface area contributed by atoms with Gasteiger partial charge in [-0.15, -0.1) is 0 Å². The van der Waals surface area contributed by atoms with Gasteiger partial charge in [-0.3, -0.25) is 4.79 Å². The van der Waals surface area contributed by atoms with Crippen LogP contribution in [0.1, 0.15) is 122 Å². The molecule has 14 unspecified atom stereocenters. The molecule has 4 rings (SSSR count). The van der Waals surface area contributed by atoms with Crippen LogP contribution in [0.25, 0.3) is 0 Å². The topological polar surface area (TPSA) is 140 Å². The molecule has 4 heterocycles. The molecule has 13 heteroatoms. The van der Waals surface area contributed by atoms with Gasteiger partial charge in [0, 0.05) is 43.3 Å². The number of rotatable bonds is 8. The summed E-state index contributed by atoms with van der Waals surface area (Å²) in [5, 5.41) is 11.7. The van der Waals surface area contributed by atoms with Crippen LogP contribution in [0.15, 0.2) is 18.7 Å². The quantitative estimate of drug-likeness (QED) is 0.263. The molecule has 0 bridgehead atoms. The number of nitrogens with zero attached hydrogens (tertiary/aromatic N) is 3. The average molecular weight is 808 g/mol. The van der Waals surface area contributed by atoms with Crippen molar-refractivity contribution in [3.63, 3.8) is 0 Å². The largest absolute Gasteiger partial charge is 0.462 e. The van der Waals surface area contributed by atoms with Crippen LogP contribution in [0, 0.1) is 40.4 Å². The van der Waals surface area contributed by atoms with Gasteiger partial charge in [0.15, 0.2) is 18.7 Å². The van der Waals surface area contributed by atoms with Crippen LogP contribution >= 0.6 is 0 Å². The van der Waals surface area contributed by atoms with Gasteiger partial charge < -0.3 is 43.2 Å². The van der Waals surface area contributed by atoms with E-state index in [9.17, 15) is 14.7 Å². The lowest BCUT2D eigenvalue weighted by molar-refractivity contribution is -0.312. The molecule has 3 saturated heterocycles. The zero-order chi connectivity index (χ0) is 42.8. The first kappa shape index (κ1) is 47.5. The Bertz CT molecular complexity index is 1440. The molecule has 16 atom stereocenters. The van der Waals surface area contributed by atoms with E-state index in [0.29, 0.717) is 24.7 Å². The predicted molar refractivity (Wildman–Crippen MR) is 217 cm³/mol. The van der Waals surface area contributed by atoms with E-state index in [1.54, 1.807) is 7.11 Å². The molecule has 3 aliphatic heterocycles. The number of aromatic nitrogens is 2. The van der Waals surface area contributed by atoms with Gasteiger partial charge in [-0.25, -0.2) is 14.3 Å². The molecule has 0 saturated carbocycles. The Kier molecular flexibility index (Phi) is 15.9. The molecule has 57 heavy (non-hydrogen) atoms. The van der Waals surface area contributed by atoms with Crippen molar-refractivity contribution in [2.45, 2.75) is 189 Å². The molecule has 1 aromatic rings. The minimum atomic E-state index is -1.00. The Hall–Kier alpha value is -2.13. The van der Waals surface area contributed by atoms with Crippen LogP contribution in [0.2, 0.25) is 0 Å². The molecule has 1 aromatic heterocycles. The molecule has 0 aliphatic carbocycles. The number of carbonyl (C=O) groups excluding carboxylic acids is 2. The summed E-state index contributed by atoms with van der Waals surface area (Å²) in [7, 11) is 5.51. The lowest BCUT2D eigenvalue weighted by Crippen LogP contribution is -2.60. The second-order valence-electron chi connectivity index (χ2n) is 19.6. The zero-order valence-corrected chi connectivity index (χ0v) is 37.9. The molecule has 0 aromatic carbocycles. The molecule has 328 valence electrons. The third kappa shape index (κ3) is 10.8. The third-order valence-electron chi connectivity index (χ3n) is 14.0. The number of aliphatic hydroxyl groups excluding tert-OH is 1. The molecular weight excluding hydrogens is 730 g/mol. The van der Waals surface area contributed by atoms with Crippen LogP contribution in [-0.2, 0) is 38.0 Å². The Morgan fingerprint density at radius 3 is 2.23 bits per heavy atom. The van der Waals surface area contributed by atoms with Crippen molar-refractivity contribution in [3.8, 4) is 0 Å². The number of imidazole rings is 1. The van der Waals surface area contributed by atoms with Gasteiger partial charge in [-0.2, -0.15) is 0 Å². The smallest absolute Gasteiger partial charge is 0.419 e. The van der Waals surface area contributed by atoms with Gasteiger partial charge in [0.1, 0.15) is 24.1 Å². The van der Waals surface area contributed by atoms with E-state index in [0.717, 1.165) is 12.8 Å². The molecule has 13 nitrogen and oxygen atoms in total. The van der Waals surface area contributed by atoms with Crippen LogP contribution < -0.4 is 0 Å². The van der Waals surface area contributed by atoms with Gasteiger partial charge in [0.2, 0.25) is 0 Å². The van der Waals surface area contributed by atoms with Crippen molar-refractivity contribution >= 4 is 12.1 Å². The number of ether oxygens (including phenoxy) is 7. The Morgan fingerprint density at radius 2 is 1.65 bits per heavy atom. The van der Waals surface area contributed by atoms with Crippen LogP contribution in [0.5, 0.6) is 0 Å². The van der Waals surface area contributed by atoms with Crippen LogP contribution in [-0.4, -0.2) is 120 Å². The number of esters is 1. The fourth-order valence-electron chi connectivity index (χ4n) is 10.3. The SMILES string of the molecule is CC[C@H]1OC(=O)C(C)C(OC2CC(C)(OC)C(OC(=O)n3ccnc3)C(C)O2)C(C)C(OC2OC(C)CC(N(C)C)C2O)C(C)(C)CC(C)CC(C)[C@@H](C)C1(C)C. The number of methoxy groups -OCH3 is 1. The second-order valence-corrected chi connectivity index (χ2v) is 19.6. The number of hydrogen-bond donors (Lipinski definition) is 1. The molecule has 0 amide bonds. The van der Waals surface area contributed by atoms with Gasteiger partial charge >= 0.3 is 12.1 Å². The molecule has 3 aliphatic rings. The normalized spacial score (nSPS) is 42.2. The number of likely N-dealkylation sites (N-methyl/N-ethyl adjacent to an activating group) is 1. The van der Waals surface area contributed by atoms with E-state index >= 15 is 0 Å². The zero-order valence-electron chi connectivity index (χ0n) is 37.9. The number of aliphatic hydroxyl groups is 1. The summed E-state index contributed by atoms with van der Waals surface area (Å²) in [5.74, 6) is -0.527. The first-order valence-corrected chi connectivity index (χ1v) is 21.4. The summed E-state index contributed by atoms with van der Waals surface area (Å²) in [5.41, 5.74) is -1.74. The third-order valence-corrected chi connectivity index (χ3v) is 14.0. The highest BCUT2D eigenvalue weighted by molar-refractivity contribution is 5.73. The lowest BCUT2D eigenvalue weighted by Gasteiger charge is -2.50. The summed E-state index contributed by atoms with van der Waals surface area (Å²) in [6, 6.07) is -0.160. The van der Waals surface area contributed by atoms with Crippen LogP contribution in [0.3, 0.4) is 0 Å². The minimum absolute atomic E-state index is 0.140. The highest BCUT2D eigenvalue weighted by Crippen LogP contribution is 2.46. The minimum Gasteiger partial charge on any atom is -0.462 e. The summed E-state index contributed by atoms with van der Waals surface area (Å²) < 4.78 is 46.8. The summed E-state index contributed by atoms with van der Waals surface area (Å²) in [6.07, 6.45) is 1.40. The standard InChI is InChI=1S/C44H77N3O10/c1-17-33-43(11,12)30(7)26(3)20-25(2)22-42(9,10)37(56-40-35(48)32(46(14)15)21-27(4)52-40)28(5)36(29(6)39(49)54-33)55-34-23-44(13,51-16)38(31(8)53-34)57-41(50)47-19-18-45-24-47/h18-19,24-38,40,48H,17,20-23H2,1-16H3/t25?,26?,27?,28?,29?,30-,31?,32?,33-,34?,35?,36?,37?,38?,40?,44?/m1/s1. The average Bonchev–Trinajstić information content (AvgIpc) is 3.68. The second kappa shape index (κ2) is 19.1. The van der Waals surface area contributed by atoms with E-state index in [4.69, 9.17) is 33.2 Å². The summed E-state index contributed by atoms with van der Waals surface area (Å²) in [6.45, 7) is 27.5. The van der Waals surface area contributed by atoms with Gasteiger partial charge in [0.05, 0.1) is 30.3 Å². The highest BCUT2D eigenvalue weighted by Gasteiger charge is 2.53. The summed E-state index contributed by atoms with van der Waals surface area (Å²) >= 11 is 0. The Morgan fingerprint density at radius 1 is 0.982 bits per heavy atom. The van der Waals surface area contributed by atoms with Crippen molar-refractivity contribution in [2.75, 3.05) is 21.2 Å². The Balaban J connectivity index is 1.77. The molecule has 0 spiro atoms. The van der Waals surface area contributed by atoms with Gasteiger partial charge in [-0.05, 0) is 90.6 Å². The predicted octanol–water partition coefficient (Wildman–Crippen LogP) is 7.32. The van der Waals surface area contributed by atoms with Crippen molar-refractivity contribution in [1.82, 2.24) is 14.5 Å². The van der Waals surface area contributed by atoms with Crippen molar-refractivity contribution in [1.29, 1.82) is 0 Å². The van der Waals surface area contributed by atoms with E-state index in [2.05, 4.69) is 67.3 Å². The fraction of sp³-hybridized carbons (Fsp3) is 0.886. The maximum atomic E-state index is 14.5. The lowest BCUT2D eigenvalue weighted by atomic mass is 9.65. The monoisotopic (exact) mass is 808 g/mol. The van der Waals surface area contributed by atoms with E-state index in [1.807, 2.05) is 46.7 Å². The fourth-order valence-corrected chi connectivity index (χ4v) is 10.3. The number of carbonyl (C=O) groups is 2. The Labute approximate surface area is 343 Å². The molecule has 3 fully saturated rings. The van der Waals surface area contributed by atoms with Crippen LogP contribution in [0.4, 0.5) is 4.79 Å².